The van der Waals surface area contributed by atoms with Gasteiger partial charge in [-0.1, -0.05) is 31.3 Å². The van der Waals surface area contributed by atoms with E-state index in [1.165, 1.54) is 25.7 Å². The van der Waals surface area contributed by atoms with Crippen LogP contribution < -0.4 is 11.1 Å². The van der Waals surface area contributed by atoms with Gasteiger partial charge in [-0.25, -0.2) is 0 Å². The molecule has 0 spiro atoms. The standard InChI is InChI=1S/C10H23N3O/c1-2-3-4-5-8-12-9-6-7-10(11)13-14/h12,14H,2-9H2,1H3,(H2,11,13). The number of amidine groups is 1. The number of hydrogen-bond donors (Lipinski definition) is 3. The maximum absolute atomic E-state index is 8.28. The van der Waals surface area contributed by atoms with E-state index in [1.807, 2.05) is 0 Å². The van der Waals surface area contributed by atoms with Crippen LogP contribution in [0.25, 0.3) is 0 Å². The first-order chi connectivity index (χ1) is 6.81. The lowest BCUT2D eigenvalue weighted by molar-refractivity contribution is 0.316. The molecule has 0 unspecified atom stereocenters. The molecule has 0 bridgehead atoms. The van der Waals surface area contributed by atoms with Crippen molar-refractivity contribution in [2.75, 3.05) is 13.1 Å². The Balaban J connectivity index is 2.99. The van der Waals surface area contributed by atoms with Crippen LogP contribution in [0.4, 0.5) is 0 Å². The number of unbranched alkanes of at least 4 members (excludes halogenated alkanes) is 3. The Labute approximate surface area is 86.6 Å². The molecule has 84 valence electrons. The first-order valence-electron chi connectivity index (χ1n) is 5.48. The van der Waals surface area contributed by atoms with Gasteiger partial charge in [0, 0.05) is 6.42 Å². The molecule has 0 aliphatic heterocycles. The van der Waals surface area contributed by atoms with Gasteiger partial charge < -0.3 is 16.3 Å². The van der Waals surface area contributed by atoms with Crippen molar-refractivity contribution < 1.29 is 5.21 Å². The normalized spacial score (nSPS) is 11.9. The van der Waals surface area contributed by atoms with Gasteiger partial charge in [0.05, 0.1) is 0 Å². The van der Waals surface area contributed by atoms with E-state index in [2.05, 4.69) is 17.4 Å². The Bertz CT molecular complexity index is 148. The second-order valence-corrected chi connectivity index (χ2v) is 3.51. The lowest BCUT2D eigenvalue weighted by atomic mass is 10.2. The van der Waals surface area contributed by atoms with Gasteiger partial charge >= 0.3 is 0 Å². The molecule has 0 aliphatic carbocycles. The van der Waals surface area contributed by atoms with Crippen LogP contribution in [0.3, 0.4) is 0 Å². The molecule has 0 aromatic carbocycles. The average Bonchev–Trinajstić information content (AvgIpc) is 2.21. The molecule has 0 atom stereocenters. The number of oxime groups is 1. The minimum Gasteiger partial charge on any atom is -0.409 e. The van der Waals surface area contributed by atoms with Gasteiger partial charge in [0.25, 0.3) is 0 Å². The van der Waals surface area contributed by atoms with Crippen molar-refractivity contribution in [3.05, 3.63) is 0 Å². The van der Waals surface area contributed by atoms with Crippen LogP contribution in [0.15, 0.2) is 5.16 Å². The molecule has 0 amide bonds. The summed E-state index contributed by atoms with van der Waals surface area (Å²) >= 11 is 0. The third-order valence-electron chi connectivity index (χ3n) is 2.12. The molecule has 4 heteroatoms. The number of nitrogens with one attached hydrogen (secondary N) is 1. The van der Waals surface area contributed by atoms with Crippen LogP contribution in [-0.2, 0) is 0 Å². The monoisotopic (exact) mass is 201 g/mol. The molecule has 0 radical (unpaired) electrons. The Morgan fingerprint density at radius 1 is 1.21 bits per heavy atom. The Kier molecular flexibility index (Phi) is 9.74. The van der Waals surface area contributed by atoms with Crippen molar-refractivity contribution in [2.45, 2.75) is 45.4 Å². The molecule has 0 saturated heterocycles. The first-order valence-corrected chi connectivity index (χ1v) is 5.48. The van der Waals surface area contributed by atoms with E-state index < -0.39 is 0 Å². The number of rotatable bonds is 9. The van der Waals surface area contributed by atoms with Gasteiger partial charge in [-0.05, 0) is 25.9 Å². The van der Waals surface area contributed by atoms with Crippen molar-refractivity contribution in [1.82, 2.24) is 5.32 Å². The predicted octanol–water partition coefficient (Wildman–Crippen LogP) is 1.68. The molecule has 4 N–H and O–H groups in total. The van der Waals surface area contributed by atoms with Gasteiger partial charge in [0.1, 0.15) is 5.84 Å². The van der Waals surface area contributed by atoms with E-state index in [4.69, 9.17) is 10.9 Å². The van der Waals surface area contributed by atoms with E-state index in [9.17, 15) is 0 Å². The van der Waals surface area contributed by atoms with Crippen LogP contribution in [0.5, 0.6) is 0 Å². The van der Waals surface area contributed by atoms with Gasteiger partial charge in [-0.2, -0.15) is 0 Å². The maximum atomic E-state index is 8.28. The topological polar surface area (TPSA) is 70.6 Å². The number of nitrogens with zero attached hydrogens (tertiary/aromatic N) is 1. The third-order valence-corrected chi connectivity index (χ3v) is 2.12. The van der Waals surface area contributed by atoms with Crippen molar-refractivity contribution in [3.63, 3.8) is 0 Å². The van der Waals surface area contributed by atoms with Gasteiger partial charge in [0.15, 0.2) is 0 Å². The minimum atomic E-state index is 0.317. The maximum Gasteiger partial charge on any atom is 0.139 e. The van der Waals surface area contributed by atoms with Crippen molar-refractivity contribution in [2.24, 2.45) is 10.9 Å². The van der Waals surface area contributed by atoms with Gasteiger partial charge in [-0.15, -0.1) is 0 Å². The predicted molar refractivity (Wildman–Crippen MR) is 59.7 cm³/mol. The fourth-order valence-electron chi connectivity index (χ4n) is 1.25. The molecule has 0 heterocycles. The van der Waals surface area contributed by atoms with Crippen molar-refractivity contribution in [1.29, 1.82) is 0 Å². The van der Waals surface area contributed by atoms with Crippen LogP contribution >= 0.6 is 0 Å². The molecule has 0 rings (SSSR count). The second-order valence-electron chi connectivity index (χ2n) is 3.51. The van der Waals surface area contributed by atoms with E-state index in [0.717, 1.165) is 19.5 Å². The zero-order valence-corrected chi connectivity index (χ0v) is 9.13. The van der Waals surface area contributed by atoms with Gasteiger partial charge in [0.2, 0.25) is 0 Å². The van der Waals surface area contributed by atoms with E-state index in [-0.39, 0.29) is 0 Å². The second kappa shape index (κ2) is 10.3. The molecular weight excluding hydrogens is 178 g/mol. The summed E-state index contributed by atoms with van der Waals surface area (Å²) in [6.07, 6.45) is 6.76. The molecule has 4 nitrogen and oxygen atoms in total. The zero-order chi connectivity index (χ0) is 10.6. The SMILES string of the molecule is CCCCCCNCCCC(N)=NO. The van der Waals surface area contributed by atoms with Crippen molar-refractivity contribution in [3.8, 4) is 0 Å². The van der Waals surface area contributed by atoms with Gasteiger partial charge in [-0.3, -0.25) is 0 Å². The first kappa shape index (κ1) is 13.2. The summed E-state index contributed by atoms with van der Waals surface area (Å²) in [6.45, 7) is 4.24. The summed E-state index contributed by atoms with van der Waals surface area (Å²) in [7, 11) is 0. The lowest BCUT2D eigenvalue weighted by Crippen LogP contribution is -2.19. The van der Waals surface area contributed by atoms with Crippen LogP contribution in [-0.4, -0.2) is 24.1 Å². The summed E-state index contributed by atoms with van der Waals surface area (Å²) < 4.78 is 0. The Morgan fingerprint density at radius 3 is 2.57 bits per heavy atom. The Morgan fingerprint density at radius 2 is 1.93 bits per heavy atom. The minimum absolute atomic E-state index is 0.317. The highest BCUT2D eigenvalue weighted by atomic mass is 16.4. The van der Waals surface area contributed by atoms with E-state index in [0.29, 0.717) is 12.3 Å². The molecule has 0 aromatic heterocycles. The molecular formula is C10H23N3O. The molecule has 14 heavy (non-hydrogen) atoms. The number of nitrogens with two attached hydrogens (primary N) is 1. The van der Waals surface area contributed by atoms with Crippen LogP contribution in [0.2, 0.25) is 0 Å². The van der Waals surface area contributed by atoms with Crippen molar-refractivity contribution >= 4 is 5.84 Å². The highest BCUT2D eigenvalue weighted by molar-refractivity contribution is 5.79. The summed E-state index contributed by atoms with van der Waals surface area (Å²) in [5.74, 6) is 0.317. The summed E-state index contributed by atoms with van der Waals surface area (Å²) in [5.41, 5.74) is 5.33. The van der Waals surface area contributed by atoms with Crippen LogP contribution in [0, 0.1) is 0 Å². The molecule has 0 fully saturated rings. The summed E-state index contributed by atoms with van der Waals surface area (Å²) in [4.78, 5) is 0. The van der Waals surface area contributed by atoms with E-state index >= 15 is 0 Å². The quantitative estimate of drug-likeness (QED) is 0.175. The van der Waals surface area contributed by atoms with Crippen LogP contribution in [0.1, 0.15) is 45.4 Å². The Hall–Kier alpha value is -0.770. The smallest absolute Gasteiger partial charge is 0.139 e. The zero-order valence-electron chi connectivity index (χ0n) is 9.13. The molecule has 0 aromatic rings. The highest BCUT2D eigenvalue weighted by Gasteiger charge is 1.93. The highest BCUT2D eigenvalue weighted by Crippen LogP contribution is 1.97. The fourth-order valence-corrected chi connectivity index (χ4v) is 1.25. The average molecular weight is 201 g/mol. The molecule has 0 aliphatic rings. The fraction of sp³-hybridized carbons (Fsp3) is 0.900. The third kappa shape index (κ3) is 9.32. The van der Waals surface area contributed by atoms with E-state index in [1.54, 1.807) is 0 Å². The summed E-state index contributed by atoms with van der Waals surface area (Å²) in [6, 6.07) is 0. The largest absolute Gasteiger partial charge is 0.409 e. The number of hydrogen-bond acceptors (Lipinski definition) is 3. The molecule has 0 saturated carbocycles. The summed E-state index contributed by atoms with van der Waals surface area (Å²) in [5, 5.41) is 14.5. The lowest BCUT2D eigenvalue weighted by Gasteiger charge is -2.03.